The van der Waals surface area contributed by atoms with E-state index in [-0.39, 0.29) is 6.04 Å². The maximum atomic E-state index is 12.6. The molecule has 2 rings (SSSR count). The first-order valence-corrected chi connectivity index (χ1v) is 9.02. The third-order valence-corrected chi connectivity index (χ3v) is 7.07. The van der Waals surface area contributed by atoms with Crippen LogP contribution in [0.1, 0.15) is 12.0 Å². The van der Waals surface area contributed by atoms with E-state index < -0.39 is 10.0 Å². The summed E-state index contributed by atoms with van der Waals surface area (Å²) < 4.78 is 28.2. The molecule has 1 aliphatic heterocycles. The maximum Gasteiger partial charge on any atom is 0.244 e. The zero-order chi connectivity index (χ0) is 14.2. The monoisotopic (exact) mass is 410 g/mol. The molecule has 1 aromatic rings. The van der Waals surface area contributed by atoms with Gasteiger partial charge in [-0.05, 0) is 54.0 Å². The van der Waals surface area contributed by atoms with Gasteiger partial charge in [0, 0.05) is 28.1 Å². The number of likely N-dealkylation sites (N-methyl/N-ethyl adjacent to an activating group) is 1. The van der Waals surface area contributed by atoms with Gasteiger partial charge in [0.2, 0.25) is 10.0 Å². The smallest absolute Gasteiger partial charge is 0.244 e. The first-order chi connectivity index (χ1) is 8.86. The molecule has 0 bridgehead atoms. The van der Waals surface area contributed by atoms with E-state index >= 15 is 0 Å². The number of benzene rings is 1. The molecule has 1 atom stereocenters. The predicted molar refractivity (Wildman–Crippen MR) is 82.8 cm³/mol. The van der Waals surface area contributed by atoms with E-state index in [9.17, 15) is 8.42 Å². The molecule has 19 heavy (non-hydrogen) atoms. The van der Waals surface area contributed by atoms with Crippen molar-refractivity contribution in [2.24, 2.45) is 0 Å². The molecule has 1 N–H and O–H groups in total. The second-order valence-corrected chi connectivity index (χ2v) is 8.28. The van der Waals surface area contributed by atoms with Gasteiger partial charge in [-0.3, -0.25) is 0 Å². The lowest BCUT2D eigenvalue weighted by atomic mass is 10.2. The number of aryl methyl sites for hydroxylation is 1. The first kappa shape index (κ1) is 15.4. The molecule has 7 heteroatoms. The highest BCUT2D eigenvalue weighted by Gasteiger charge is 2.33. The molecule has 1 unspecified atom stereocenters. The number of nitrogens with one attached hydrogen (secondary N) is 1. The summed E-state index contributed by atoms with van der Waals surface area (Å²) in [6, 6.07) is 3.73. The summed E-state index contributed by atoms with van der Waals surface area (Å²) in [6.07, 6.45) is 0.848. The van der Waals surface area contributed by atoms with Crippen LogP contribution in [0, 0.1) is 6.92 Å². The van der Waals surface area contributed by atoms with Gasteiger partial charge in [0.15, 0.2) is 0 Å². The summed E-state index contributed by atoms with van der Waals surface area (Å²) in [5.41, 5.74) is 1.00. The zero-order valence-corrected chi connectivity index (χ0v) is 14.8. The average Bonchev–Trinajstić information content (AvgIpc) is 2.83. The standard InChI is InChI=1S/C12H16Br2N2O2S/c1-8-5-11(14)12(6-10(8)13)19(17,18)16-4-3-9(7-16)15-2/h5-6,9,15H,3-4,7H2,1-2H3. The number of sulfonamides is 1. The van der Waals surface area contributed by atoms with Gasteiger partial charge in [0.25, 0.3) is 0 Å². The van der Waals surface area contributed by atoms with Gasteiger partial charge in [-0.25, -0.2) is 8.42 Å². The summed E-state index contributed by atoms with van der Waals surface area (Å²) in [7, 11) is -1.57. The Balaban J connectivity index is 2.38. The lowest BCUT2D eigenvalue weighted by molar-refractivity contribution is 0.464. The van der Waals surface area contributed by atoms with Crippen LogP contribution in [0.25, 0.3) is 0 Å². The van der Waals surface area contributed by atoms with E-state index in [1.54, 1.807) is 6.07 Å². The number of hydrogen-bond donors (Lipinski definition) is 1. The van der Waals surface area contributed by atoms with Crippen LogP contribution in [0.4, 0.5) is 0 Å². The largest absolute Gasteiger partial charge is 0.316 e. The highest BCUT2D eigenvalue weighted by atomic mass is 79.9. The molecule has 1 aromatic carbocycles. The second-order valence-electron chi connectivity index (χ2n) is 4.67. The molecule has 1 heterocycles. The van der Waals surface area contributed by atoms with E-state index in [0.717, 1.165) is 16.5 Å². The van der Waals surface area contributed by atoms with Crippen molar-refractivity contribution in [3.05, 3.63) is 26.6 Å². The molecule has 0 radical (unpaired) electrons. The van der Waals surface area contributed by atoms with E-state index in [2.05, 4.69) is 37.2 Å². The van der Waals surface area contributed by atoms with Crippen LogP contribution < -0.4 is 5.32 Å². The van der Waals surface area contributed by atoms with Gasteiger partial charge in [-0.1, -0.05) is 15.9 Å². The van der Waals surface area contributed by atoms with Gasteiger partial charge in [-0.2, -0.15) is 4.31 Å². The van der Waals surface area contributed by atoms with Crippen molar-refractivity contribution in [1.29, 1.82) is 0 Å². The van der Waals surface area contributed by atoms with Crippen molar-refractivity contribution in [1.82, 2.24) is 9.62 Å². The van der Waals surface area contributed by atoms with Crippen molar-refractivity contribution in [2.75, 3.05) is 20.1 Å². The van der Waals surface area contributed by atoms with Gasteiger partial charge >= 0.3 is 0 Å². The Bertz CT molecular complexity index is 590. The summed E-state index contributed by atoms with van der Waals surface area (Å²) in [4.78, 5) is 0.321. The highest BCUT2D eigenvalue weighted by molar-refractivity contribution is 9.11. The maximum absolute atomic E-state index is 12.6. The van der Waals surface area contributed by atoms with E-state index in [1.807, 2.05) is 20.0 Å². The molecular weight excluding hydrogens is 396 g/mol. The summed E-state index contributed by atoms with van der Waals surface area (Å²) in [6.45, 7) is 3.01. The molecule has 0 aliphatic carbocycles. The Kier molecular flexibility index (Phi) is 4.72. The minimum absolute atomic E-state index is 0.238. The average molecular weight is 412 g/mol. The molecule has 1 saturated heterocycles. The van der Waals surface area contributed by atoms with Crippen LogP contribution in [0.3, 0.4) is 0 Å². The molecule has 0 aromatic heterocycles. The van der Waals surface area contributed by atoms with Gasteiger partial charge < -0.3 is 5.32 Å². The molecule has 1 aliphatic rings. The Morgan fingerprint density at radius 3 is 2.58 bits per heavy atom. The fourth-order valence-electron chi connectivity index (χ4n) is 2.15. The van der Waals surface area contributed by atoms with Crippen molar-refractivity contribution in [2.45, 2.75) is 24.3 Å². The van der Waals surface area contributed by atoms with Crippen molar-refractivity contribution in [3.8, 4) is 0 Å². The second kappa shape index (κ2) is 5.81. The molecule has 4 nitrogen and oxygen atoms in total. The first-order valence-electron chi connectivity index (χ1n) is 5.99. The molecule has 1 fully saturated rings. The lowest BCUT2D eigenvalue weighted by Crippen LogP contribution is -2.33. The predicted octanol–water partition coefficient (Wildman–Crippen LogP) is 2.50. The van der Waals surface area contributed by atoms with E-state index in [0.29, 0.717) is 22.5 Å². The van der Waals surface area contributed by atoms with E-state index in [4.69, 9.17) is 0 Å². The van der Waals surface area contributed by atoms with Crippen LogP contribution in [0.5, 0.6) is 0 Å². The molecule has 0 saturated carbocycles. The van der Waals surface area contributed by atoms with Crippen molar-refractivity contribution in [3.63, 3.8) is 0 Å². The summed E-state index contributed by atoms with van der Waals surface area (Å²) in [5.74, 6) is 0. The quantitative estimate of drug-likeness (QED) is 0.831. The highest BCUT2D eigenvalue weighted by Crippen LogP contribution is 2.32. The lowest BCUT2D eigenvalue weighted by Gasteiger charge is -2.18. The molecular formula is C12H16Br2N2O2S. The Morgan fingerprint density at radius 2 is 2.00 bits per heavy atom. The Labute approximate surface area is 130 Å². The number of hydrogen-bond acceptors (Lipinski definition) is 3. The summed E-state index contributed by atoms with van der Waals surface area (Å²) in [5, 5.41) is 3.13. The molecule has 0 amide bonds. The van der Waals surface area contributed by atoms with Gasteiger partial charge in [0.1, 0.15) is 0 Å². The fourth-order valence-corrected chi connectivity index (χ4v) is 5.29. The van der Waals surface area contributed by atoms with Crippen LogP contribution in [-0.4, -0.2) is 38.9 Å². The van der Waals surface area contributed by atoms with Gasteiger partial charge in [-0.15, -0.1) is 0 Å². The third kappa shape index (κ3) is 3.05. The van der Waals surface area contributed by atoms with Crippen molar-refractivity contribution >= 4 is 41.9 Å². The van der Waals surface area contributed by atoms with Crippen LogP contribution in [0.2, 0.25) is 0 Å². The normalized spacial score (nSPS) is 20.9. The van der Waals surface area contributed by atoms with Crippen LogP contribution in [0.15, 0.2) is 26.0 Å². The minimum atomic E-state index is -3.44. The fraction of sp³-hybridized carbons (Fsp3) is 0.500. The molecule has 0 spiro atoms. The van der Waals surface area contributed by atoms with Crippen LogP contribution in [-0.2, 0) is 10.0 Å². The topological polar surface area (TPSA) is 49.4 Å². The number of nitrogens with zero attached hydrogens (tertiary/aromatic N) is 1. The zero-order valence-electron chi connectivity index (χ0n) is 10.8. The summed E-state index contributed by atoms with van der Waals surface area (Å²) >= 11 is 6.74. The SMILES string of the molecule is CNC1CCN(S(=O)(=O)c2cc(Br)c(C)cc2Br)C1. The number of halogens is 2. The minimum Gasteiger partial charge on any atom is -0.316 e. The third-order valence-electron chi connectivity index (χ3n) is 3.39. The van der Waals surface area contributed by atoms with E-state index in [1.165, 1.54) is 4.31 Å². The number of rotatable bonds is 3. The van der Waals surface area contributed by atoms with Crippen LogP contribution >= 0.6 is 31.9 Å². The Hall–Kier alpha value is 0.0500. The van der Waals surface area contributed by atoms with Gasteiger partial charge in [0.05, 0.1) is 4.90 Å². The van der Waals surface area contributed by atoms with Crippen molar-refractivity contribution < 1.29 is 8.42 Å². The Morgan fingerprint density at radius 1 is 1.32 bits per heavy atom. The molecule has 106 valence electrons.